The number of hydrogen-bond acceptors (Lipinski definition) is 2. The fraction of sp³-hybridized carbons (Fsp3) is 0.267. The summed E-state index contributed by atoms with van der Waals surface area (Å²) >= 11 is 4.84. The second kappa shape index (κ2) is 6.50. The fourth-order valence-electron chi connectivity index (χ4n) is 1.93. The van der Waals surface area contributed by atoms with Crippen molar-refractivity contribution in [2.24, 2.45) is 5.92 Å². The Kier molecular flexibility index (Phi) is 4.94. The molecule has 0 radical (unpaired) electrons. The summed E-state index contributed by atoms with van der Waals surface area (Å²) in [5.74, 6) is -0.298. The van der Waals surface area contributed by atoms with E-state index in [1.807, 2.05) is 17.5 Å². The van der Waals surface area contributed by atoms with E-state index in [-0.39, 0.29) is 23.7 Å². The van der Waals surface area contributed by atoms with E-state index < -0.39 is 0 Å². The predicted molar refractivity (Wildman–Crippen MR) is 83.5 cm³/mol. The summed E-state index contributed by atoms with van der Waals surface area (Å²) in [7, 11) is 0. The van der Waals surface area contributed by atoms with Gasteiger partial charge in [-0.3, -0.25) is 4.79 Å². The van der Waals surface area contributed by atoms with Gasteiger partial charge in [0.15, 0.2) is 0 Å². The molecule has 0 bridgehead atoms. The van der Waals surface area contributed by atoms with Crippen LogP contribution < -0.4 is 5.32 Å². The van der Waals surface area contributed by atoms with E-state index in [1.54, 1.807) is 11.3 Å². The molecule has 2 aromatic rings. The zero-order valence-electron chi connectivity index (χ0n) is 11.2. The van der Waals surface area contributed by atoms with Gasteiger partial charge in [0.25, 0.3) is 5.91 Å². The molecule has 2 rings (SSSR count). The maximum Gasteiger partial charge on any atom is 0.252 e. The monoisotopic (exact) mass is 355 g/mol. The highest BCUT2D eigenvalue weighted by Gasteiger charge is 2.21. The number of thiophene rings is 1. The number of nitrogens with one attached hydrogen (secondary N) is 1. The van der Waals surface area contributed by atoms with Crippen LogP contribution >= 0.6 is 27.3 Å². The Morgan fingerprint density at radius 1 is 1.35 bits per heavy atom. The summed E-state index contributed by atoms with van der Waals surface area (Å²) in [6, 6.07) is 8.00. The van der Waals surface area contributed by atoms with Crippen LogP contribution in [0.25, 0.3) is 0 Å². The van der Waals surface area contributed by atoms with Crippen LogP contribution in [-0.4, -0.2) is 5.91 Å². The summed E-state index contributed by atoms with van der Waals surface area (Å²) in [6.07, 6.45) is 0. The smallest absolute Gasteiger partial charge is 0.252 e. The molecule has 1 aromatic heterocycles. The Bertz CT molecular complexity index is 598. The van der Waals surface area contributed by atoms with Gasteiger partial charge in [-0.25, -0.2) is 4.39 Å². The van der Waals surface area contributed by atoms with Crippen LogP contribution in [0.15, 0.2) is 40.2 Å². The van der Waals surface area contributed by atoms with Gasteiger partial charge in [0.05, 0.1) is 11.6 Å². The number of hydrogen-bond donors (Lipinski definition) is 1. The molecule has 0 spiro atoms. The third kappa shape index (κ3) is 3.46. The summed E-state index contributed by atoms with van der Waals surface area (Å²) in [6.45, 7) is 4.12. The van der Waals surface area contributed by atoms with Crippen LogP contribution in [0.1, 0.15) is 35.1 Å². The average molecular weight is 356 g/mol. The van der Waals surface area contributed by atoms with Crippen LogP contribution in [0.5, 0.6) is 0 Å². The van der Waals surface area contributed by atoms with Crippen molar-refractivity contribution in [2.75, 3.05) is 0 Å². The lowest BCUT2D eigenvalue weighted by atomic mass is 10.0. The van der Waals surface area contributed by atoms with Crippen molar-refractivity contribution >= 4 is 33.2 Å². The van der Waals surface area contributed by atoms with Crippen molar-refractivity contribution in [3.63, 3.8) is 0 Å². The molecule has 1 N–H and O–H groups in total. The molecule has 2 nitrogen and oxygen atoms in total. The number of halogens is 2. The van der Waals surface area contributed by atoms with Crippen molar-refractivity contribution in [1.82, 2.24) is 5.32 Å². The minimum absolute atomic E-state index is 0.0422. The zero-order valence-corrected chi connectivity index (χ0v) is 13.6. The first-order valence-corrected chi connectivity index (χ1v) is 7.95. The molecule has 106 valence electrons. The molecule has 0 aliphatic carbocycles. The Labute approximate surface area is 130 Å². The predicted octanol–water partition coefficient (Wildman–Crippen LogP) is 4.78. The van der Waals surface area contributed by atoms with E-state index in [0.29, 0.717) is 10.0 Å². The third-order valence-electron chi connectivity index (χ3n) is 2.98. The molecule has 5 heteroatoms. The number of rotatable bonds is 4. The van der Waals surface area contributed by atoms with Crippen molar-refractivity contribution in [1.29, 1.82) is 0 Å². The van der Waals surface area contributed by atoms with Gasteiger partial charge in [-0.05, 0) is 51.5 Å². The van der Waals surface area contributed by atoms with Gasteiger partial charge < -0.3 is 5.32 Å². The van der Waals surface area contributed by atoms with Gasteiger partial charge in [0.2, 0.25) is 0 Å². The number of carbonyl (C=O) groups excluding carboxylic acids is 1. The van der Waals surface area contributed by atoms with E-state index in [4.69, 9.17) is 0 Å². The quantitative estimate of drug-likeness (QED) is 0.840. The fourth-order valence-corrected chi connectivity index (χ4v) is 3.41. The molecule has 0 saturated heterocycles. The minimum Gasteiger partial charge on any atom is -0.344 e. The molecule has 0 saturated carbocycles. The Morgan fingerprint density at radius 2 is 2.10 bits per heavy atom. The molecule has 1 aromatic carbocycles. The molecule has 1 unspecified atom stereocenters. The molecule has 1 heterocycles. The van der Waals surface area contributed by atoms with Crippen molar-refractivity contribution < 1.29 is 9.18 Å². The molecular weight excluding hydrogens is 341 g/mol. The number of amides is 1. The lowest BCUT2D eigenvalue weighted by molar-refractivity contribution is 0.0925. The van der Waals surface area contributed by atoms with Crippen LogP contribution in [0.4, 0.5) is 4.39 Å². The third-order valence-corrected chi connectivity index (χ3v) is 4.59. The van der Waals surface area contributed by atoms with Gasteiger partial charge in [-0.2, -0.15) is 0 Å². The van der Waals surface area contributed by atoms with E-state index in [2.05, 4.69) is 35.1 Å². The van der Waals surface area contributed by atoms with Crippen LogP contribution in [-0.2, 0) is 0 Å². The second-order valence-corrected chi connectivity index (χ2v) is 6.67. The molecular formula is C15H15BrFNOS. The zero-order chi connectivity index (χ0) is 14.7. The minimum atomic E-state index is -0.368. The standard InChI is InChI=1S/C15H15BrFNOS/c1-9(2)14(13-4-3-7-20-13)18-15(19)11-6-5-10(17)8-12(11)16/h3-9,14H,1-2H3,(H,18,19). The van der Waals surface area contributed by atoms with E-state index >= 15 is 0 Å². The number of benzene rings is 1. The van der Waals surface area contributed by atoms with Crippen molar-refractivity contribution in [3.05, 3.63) is 56.4 Å². The number of carbonyl (C=O) groups is 1. The molecule has 0 fully saturated rings. The maximum atomic E-state index is 13.1. The van der Waals surface area contributed by atoms with Crippen LogP contribution in [0.3, 0.4) is 0 Å². The molecule has 20 heavy (non-hydrogen) atoms. The summed E-state index contributed by atoms with van der Waals surface area (Å²) in [5, 5.41) is 5.01. The van der Waals surface area contributed by atoms with E-state index in [9.17, 15) is 9.18 Å². The average Bonchev–Trinajstić information content (AvgIpc) is 2.88. The first-order valence-electron chi connectivity index (χ1n) is 6.28. The second-order valence-electron chi connectivity index (χ2n) is 4.83. The highest BCUT2D eigenvalue weighted by Crippen LogP contribution is 2.27. The lowest BCUT2D eigenvalue weighted by Gasteiger charge is -2.21. The Morgan fingerprint density at radius 3 is 2.65 bits per heavy atom. The van der Waals surface area contributed by atoms with E-state index in [0.717, 1.165) is 4.88 Å². The van der Waals surface area contributed by atoms with Crippen molar-refractivity contribution in [2.45, 2.75) is 19.9 Å². The first-order chi connectivity index (χ1) is 9.49. The van der Waals surface area contributed by atoms with Crippen LogP contribution in [0.2, 0.25) is 0 Å². The highest BCUT2D eigenvalue weighted by atomic mass is 79.9. The Balaban J connectivity index is 2.21. The van der Waals surface area contributed by atoms with E-state index in [1.165, 1.54) is 18.2 Å². The van der Waals surface area contributed by atoms with Gasteiger partial charge in [-0.1, -0.05) is 19.9 Å². The maximum absolute atomic E-state index is 13.1. The highest BCUT2D eigenvalue weighted by molar-refractivity contribution is 9.10. The lowest BCUT2D eigenvalue weighted by Crippen LogP contribution is -2.31. The Hall–Kier alpha value is -1.20. The van der Waals surface area contributed by atoms with Gasteiger partial charge in [0, 0.05) is 9.35 Å². The molecule has 1 amide bonds. The first kappa shape index (κ1) is 15.2. The normalized spacial score (nSPS) is 12.4. The molecule has 1 atom stereocenters. The van der Waals surface area contributed by atoms with Crippen molar-refractivity contribution in [3.8, 4) is 0 Å². The summed E-state index contributed by atoms with van der Waals surface area (Å²) in [5.41, 5.74) is 0.439. The largest absolute Gasteiger partial charge is 0.344 e. The SMILES string of the molecule is CC(C)C(NC(=O)c1ccc(F)cc1Br)c1cccs1. The molecule has 0 aliphatic rings. The van der Waals surface area contributed by atoms with Gasteiger partial charge in [0.1, 0.15) is 5.82 Å². The van der Waals surface area contributed by atoms with Crippen LogP contribution in [0, 0.1) is 11.7 Å². The van der Waals surface area contributed by atoms with Gasteiger partial charge >= 0.3 is 0 Å². The summed E-state index contributed by atoms with van der Waals surface area (Å²) < 4.78 is 13.5. The van der Waals surface area contributed by atoms with Gasteiger partial charge in [-0.15, -0.1) is 11.3 Å². The summed E-state index contributed by atoms with van der Waals surface area (Å²) in [4.78, 5) is 13.4. The molecule has 0 aliphatic heterocycles. The topological polar surface area (TPSA) is 29.1 Å².